The van der Waals surface area contributed by atoms with E-state index in [0.29, 0.717) is 24.7 Å². The second-order valence-electron chi connectivity index (χ2n) is 7.72. The molecule has 3 aliphatic heterocycles. The van der Waals surface area contributed by atoms with Crippen molar-refractivity contribution >= 4 is 11.7 Å². The maximum atomic E-state index is 12.7. The van der Waals surface area contributed by atoms with Crippen molar-refractivity contribution in [3.05, 3.63) is 24.4 Å². The number of nitrogens with one attached hydrogen (secondary N) is 1. The van der Waals surface area contributed by atoms with E-state index >= 15 is 0 Å². The van der Waals surface area contributed by atoms with E-state index in [2.05, 4.69) is 26.2 Å². The molecule has 0 saturated carbocycles. The molecule has 2 bridgehead atoms. The van der Waals surface area contributed by atoms with Gasteiger partial charge in [0.15, 0.2) is 0 Å². The van der Waals surface area contributed by atoms with Gasteiger partial charge in [0.2, 0.25) is 5.91 Å². The summed E-state index contributed by atoms with van der Waals surface area (Å²) in [5.41, 5.74) is 0. The molecule has 25 heavy (non-hydrogen) atoms. The van der Waals surface area contributed by atoms with Crippen LogP contribution in [0.15, 0.2) is 24.4 Å². The van der Waals surface area contributed by atoms with E-state index in [0.717, 1.165) is 44.8 Å². The van der Waals surface area contributed by atoms with Crippen molar-refractivity contribution in [2.24, 2.45) is 0 Å². The molecule has 136 valence electrons. The van der Waals surface area contributed by atoms with E-state index in [1.54, 1.807) is 0 Å². The Morgan fingerprint density at radius 1 is 1.20 bits per heavy atom. The highest BCUT2D eigenvalue weighted by Crippen LogP contribution is 2.29. The van der Waals surface area contributed by atoms with Gasteiger partial charge in [-0.1, -0.05) is 6.07 Å². The Labute approximate surface area is 150 Å². The number of piperidine rings is 1. The zero-order chi connectivity index (χ0) is 17.2. The molecule has 2 unspecified atom stereocenters. The Morgan fingerprint density at radius 3 is 2.56 bits per heavy atom. The quantitative estimate of drug-likeness (QED) is 0.882. The van der Waals surface area contributed by atoms with E-state index in [4.69, 9.17) is 0 Å². The van der Waals surface area contributed by atoms with Gasteiger partial charge in [-0.2, -0.15) is 0 Å². The average molecular weight is 343 g/mol. The zero-order valence-electron chi connectivity index (χ0n) is 15.1. The summed E-state index contributed by atoms with van der Waals surface area (Å²) in [6, 6.07) is 7.70. The maximum Gasteiger partial charge on any atom is 0.236 e. The molecular formula is C19H29N5O. The van der Waals surface area contributed by atoms with Gasteiger partial charge in [-0.3, -0.25) is 9.69 Å². The van der Waals surface area contributed by atoms with Crippen molar-refractivity contribution in [1.29, 1.82) is 0 Å². The highest BCUT2D eigenvalue weighted by Gasteiger charge is 2.36. The summed E-state index contributed by atoms with van der Waals surface area (Å²) >= 11 is 0. The number of carbonyl (C=O) groups is 1. The normalized spacial score (nSPS) is 29.6. The summed E-state index contributed by atoms with van der Waals surface area (Å²) in [4.78, 5) is 23.8. The molecule has 4 heterocycles. The molecule has 0 aromatic carbocycles. The third-order valence-electron chi connectivity index (χ3n) is 6.09. The number of fused-ring (bicyclic) bond motifs is 2. The first-order valence-corrected chi connectivity index (χ1v) is 9.59. The van der Waals surface area contributed by atoms with Crippen molar-refractivity contribution in [2.45, 2.75) is 43.8 Å². The van der Waals surface area contributed by atoms with Crippen molar-refractivity contribution in [2.75, 3.05) is 44.7 Å². The van der Waals surface area contributed by atoms with E-state index in [-0.39, 0.29) is 5.91 Å². The van der Waals surface area contributed by atoms with Crippen LogP contribution in [0.3, 0.4) is 0 Å². The number of carbonyl (C=O) groups excluding carboxylic acids is 1. The van der Waals surface area contributed by atoms with Gasteiger partial charge in [-0.05, 0) is 37.8 Å². The molecule has 1 aromatic heterocycles. The molecule has 2 atom stereocenters. The fourth-order valence-corrected chi connectivity index (χ4v) is 4.53. The highest BCUT2D eigenvalue weighted by molar-refractivity contribution is 5.78. The number of anilines is 1. The number of hydrogen-bond donors (Lipinski definition) is 1. The minimum Gasteiger partial charge on any atom is -0.354 e. The lowest BCUT2D eigenvalue weighted by Crippen LogP contribution is -2.53. The summed E-state index contributed by atoms with van der Waals surface area (Å²) in [6.07, 6.45) is 6.63. The molecule has 3 fully saturated rings. The third kappa shape index (κ3) is 3.80. The van der Waals surface area contributed by atoms with Gasteiger partial charge < -0.3 is 15.1 Å². The molecule has 0 aliphatic carbocycles. The van der Waals surface area contributed by atoms with Gasteiger partial charge in [0.25, 0.3) is 0 Å². The number of pyridine rings is 1. The van der Waals surface area contributed by atoms with Crippen LogP contribution in [0.5, 0.6) is 0 Å². The number of nitrogens with zero attached hydrogens (tertiary/aromatic N) is 4. The van der Waals surface area contributed by atoms with Gasteiger partial charge in [0.05, 0.1) is 6.54 Å². The average Bonchev–Trinajstić information content (AvgIpc) is 3.00. The fourth-order valence-electron chi connectivity index (χ4n) is 4.53. The molecule has 0 radical (unpaired) electrons. The summed E-state index contributed by atoms with van der Waals surface area (Å²) in [5, 5.41) is 3.66. The summed E-state index contributed by atoms with van der Waals surface area (Å²) in [7, 11) is 2.00. The first-order valence-electron chi connectivity index (χ1n) is 9.59. The Morgan fingerprint density at radius 2 is 1.92 bits per heavy atom. The van der Waals surface area contributed by atoms with Crippen molar-refractivity contribution < 1.29 is 4.79 Å². The number of likely N-dealkylation sites (N-methyl/N-ethyl adjacent to an activating group) is 1. The van der Waals surface area contributed by atoms with Crippen LogP contribution in [0.1, 0.15) is 25.7 Å². The van der Waals surface area contributed by atoms with E-state index in [9.17, 15) is 4.79 Å². The largest absolute Gasteiger partial charge is 0.354 e. The van der Waals surface area contributed by atoms with Crippen LogP contribution in [0, 0.1) is 0 Å². The van der Waals surface area contributed by atoms with Crippen LogP contribution in [0.2, 0.25) is 0 Å². The lowest BCUT2D eigenvalue weighted by molar-refractivity contribution is -0.134. The highest BCUT2D eigenvalue weighted by atomic mass is 16.2. The number of piperazine rings is 1. The molecule has 3 aliphatic rings. The molecule has 3 saturated heterocycles. The fraction of sp³-hybridized carbons (Fsp3) is 0.684. The molecule has 1 amide bonds. The molecule has 0 spiro atoms. The van der Waals surface area contributed by atoms with E-state index < -0.39 is 0 Å². The summed E-state index contributed by atoms with van der Waals surface area (Å²) in [6.45, 7) is 4.27. The summed E-state index contributed by atoms with van der Waals surface area (Å²) < 4.78 is 0. The topological polar surface area (TPSA) is 51.7 Å². The van der Waals surface area contributed by atoms with Crippen LogP contribution in [-0.2, 0) is 4.79 Å². The van der Waals surface area contributed by atoms with Crippen LogP contribution in [0.25, 0.3) is 0 Å². The second-order valence-corrected chi connectivity index (χ2v) is 7.72. The minimum absolute atomic E-state index is 0.276. The molecule has 1 N–H and O–H groups in total. The third-order valence-corrected chi connectivity index (χ3v) is 6.09. The van der Waals surface area contributed by atoms with Gasteiger partial charge in [-0.25, -0.2) is 4.98 Å². The van der Waals surface area contributed by atoms with Gasteiger partial charge >= 0.3 is 0 Å². The number of aromatic nitrogens is 1. The van der Waals surface area contributed by atoms with Gasteiger partial charge in [-0.15, -0.1) is 0 Å². The monoisotopic (exact) mass is 343 g/mol. The van der Waals surface area contributed by atoms with Crippen molar-refractivity contribution in [1.82, 2.24) is 20.1 Å². The lowest BCUT2D eigenvalue weighted by atomic mass is 9.98. The molecular weight excluding hydrogens is 314 g/mol. The predicted molar refractivity (Wildman–Crippen MR) is 98.6 cm³/mol. The molecule has 6 nitrogen and oxygen atoms in total. The number of amides is 1. The Bertz CT molecular complexity index is 575. The Kier molecular flexibility index (Phi) is 4.90. The maximum absolute atomic E-state index is 12.7. The van der Waals surface area contributed by atoms with Crippen LogP contribution >= 0.6 is 0 Å². The first-order chi connectivity index (χ1) is 12.2. The molecule has 6 heteroatoms. The number of rotatable bonds is 4. The van der Waals surface area contributed by atoms with Crippen LogP contribution < -0.4 is 10.2 Å². The first kappa shape index (κ1) is 16.8. The van der Waals surface area contributed by atoms with Gasteiger partial charge in [0.1, 0.15) is 5.82 Å². The summed E-state index contributed by atoms with van der Waals surface area (Å²) in [5.74, 6) is 1.31. The van der Waals surface area contributed by atoms with E-state index in [1.807, 2.05) is 30.3 Å². The van der Waals surface area contributed by atoms with Gasteiger partial charge in [0, 0.05) is 57.5 Å². The SMILES string of the molecule is CN(C(=O)CN1CCN(c2ccccn2)CC1)C1CC2CCC(C1)N2. The standard InChI is InChI=1S/C19H29N5O/c1-22(17-12-15-5-6-16(13-17)21-15)19(25)14-23-8-10-24(11-9-23)18-4-2-3-7-20-18/h2-4,7,15-17,21H,5-6,8-14H2,1H3. The zero-order valence-corrected chi connectivity index (χ0v) is 15.1. The smallest absolute Gasteiger partial charge is 0.236 e. The van der Waals surface area contributed by atoms with Crippen molar-refractivity contribution in [3.8, 4) is 0 Å². The predicted octanol–water partition coefficient (Wildman–Crippen LogP) is 0.945. The van der Waals surface area contributed by atoms with E-state index in [1.165, 1.54) is 12.8 Å². The minimum atomic E-state index is 0.276. The Balaban J connectivity index is 1.26. The molecule has 4 rings (SSSR count). The Hall–Kier alpha value is -1.66. The molecule has 1 aromatic rings. The second kappa shape index (κ2) is 7.30. The number of hydrogen-bond acceptors (Lipinski definition) is 5. The van der Waals surface area contributed by atoms with Crippen molar-refractivity contribution in [3.63, 3.8) is 0 Å². The van der Waals surface area contributed by atoms with Crippen LogP contribution in [0.4, 0.5) is 5.82 Å². The lowest BCUT2D eigenvalue weighted by Gasteiger charge is -2.38. The van der Waals surface area contributed by atoms with Crippen LogP contribution in [-0.4, -0.2) is 78.6 Å².